The third kappa shape index (κ3) is 3.36. The fraction of sp³-hybridized carbons (Fsp3) is 1.00. The van der Waals surface area contributed by atoms with Gasteiger partial charge in [0, 0.05) is 33.4 Å². The van der Waals surface area contributed by atoms with Gasteiger partial charge in [-0.3, -0.25) is 0 Å². The van der Waals surface area contributed by atoms with Crippen molar-refractivity contribution in [3.05, 3.63) is 0 Å². The zero-order chi connectivity index (χ0) is 10.3. The lowest BCUT2D eigenvalue weighted by Gasteiger charge is -2.30. The van der Waals surface area contributed by atoms with E-state index < -0.39 is 8.80 Å². The minimum atomic E-state index is -2.42. The third-order valence-corrected chi connectivity index (χ3v) is 5.28. The molecule has 1 atom stereocenters. The van der Waals surface area contributed by atoms with Gasteiger partial charge in [-0.15, -0.1) is 0 Å². The van der Waals surface area contributed by atoms with Crippen LogP contribution in [0.25, 0.3) is 0 Å². The van der Waals surface area contributed by atoms with Crippen LogP contribution in [-0.2, 0) is 13.3 Å². The summed E-state index contributed by atoms with van der Waals surface area (Å²) in [5, 5.41) is 3.25. The molecule has 0 aromatic rings. The Balaban J connectivity index is 4.17. The Bertz CT molecular complexity index is 122. The Hall–Kier alpha value is 0.0569. The van der Waals surface area contributed by atoms with Gasteiger partial charge < -0.3 is 18.6 Å². The zero-order valence-corrected chi connectivity index (χ0v) is 10.2. The van der Waals surface area contributed by atoms with Crippen LogP contribution >= 0.6 is 0 Å². The Labute approximate surface area is 81.9 Å². The Kier molecular flexibility index (Phi) is 6.53. The third-order valence-electron chi connectivity index (χ3n) is 2.16. The van der Waals surface area contributed by atoms with E-state index in [-0.39, 0.29) is 5.54 Å². The lowest BCUT2D eigenvalue weighted by Crippen LogP contribution is -2.49. The van der Waals surface area contributed by atoms with Gasteiger partial charge in [-0.25, -0.2) is 0 Å². The van der Waals surface area contributed by atoms with Crippen molar-refractivity contribution in [2.75, 3.05) is 34.4 Å². The van der Waals surface area contributed by atoms with Crippen LogP contribution in [0.4, 0.5) is 0 Å². The van der Waals surface area contributed by atoms with E-state index in [4.69, 9.17) is 13.3 Å². The summed E-state index contributed by atoms with van der Waals surface area (Å²) in [5.74, 6) is 0. The molecule has 0 bridgehead atoms. The van der Waals surface area contributed by atoms with Gasteiger partial charge in [0.25, 0.3) is 0 Å². The second kappa shape index (κ2) is 6.50. The van der Waals surface area contributed by atoms with E-state index in [1.54, 1.807) is 21.3 Å². The van der Waals surface area contributed by atoms with Crippen LogP contribution in [0.3, 0.4) is 0 Å². The molecule has 0 aliphatic carbocycles. The van der Waals surface area contributed by atoms with Gasteiger partial charge >= 0.3 is 8.80 Å². The molecule has 0 radical (unpaired) electrons. The Morgan fingerprint density at radius 1 is 1.15 bits per heavy atom. The number of rotatable bonds is 7. The molecule has 1 N–H and O–H groups in total. The summed E-state index contributed by atoms with van der Waals surface area (Å²) in [6.45, 7) is 5.96. The first-order valence-corrected chi connectivity index (χ1v) is 6.33. The van der Waals surface area contributed by atoms with Crippen LogP contribution in [0.5, 0.6) is 0 Å². The van der Waals surface area contributed by atoms with E-state index in [0.717, 1.165) is 13.1 Å². The molecule has 80 valence electrons. The molecule has 0 aromatic heterocycles. The molecule has 0 fully saturated rings. The molecule has 4 nitrogen and oxygen atoms in total. The topological polar surface area (TPSA) is 39.7 Å². The van der Waals surface area contributed by atoms with Crippen LogP contribution < -0.4 is 5.32 Å². The average molecular weight is 207 g/mol. The van der Waals surface area contributed by atoms with Gasteiger partial charge in [-0.2, -0.15) is 0 Å². The highest BCUT2D eigenvalue weighted by atomic mass is 28.4. The van der Waals surface area contributed by atoms with E-state index in [1.807, 2.05) is 0 Å². The van der Waals surface area contributed by atoms with E-state index >= 15 is 0 Å². The summed E-state index contributed by atoms with van der Waals surface area (Å²) in [6, 6.07) is 0. The van der Waals surface area contributed by atoms with Gasteiger partial charge in [0.2, 0.25) is 0 Å². The smallest absolute Gasteiger partial charge is 0.377 e. The van der Waals surface area contributed by atoms with E-state index in [2.05, 4.69) is 19.2 Å². The van der Waals surface area contributed by atoms with Crippen LogP contribution in [-0.4, -0.2) is 43.2 Å². The summed E-state index contributed by atoms with van der Waals surface area (Å²) in [6.07, 6.45) is 0. The van der Waals surface area contributed by atoms with Crippen molar-refractivity contribution >= 4 is 8.80 Å². The highest BCUT2D eigenvalue weighted by Gasteiger charge is 2.44. The molecular formula is C8H21NO3Si. The molecule has 0 aliphatic heterocycles. The first-order valence-electron chi connectivity index (χ1n) is 4.53. The molecule has 0 heterocycles. The fourth-order valence-electron chi connectivity index (χ4n) is 1.34. The highest BCUT2D eigenvalue weighted by molar-refractivity contribution is 6.62. The van der Waals surface area contributed by atoms with Gasteiger partial charge in [-0.1, -0.05) is 13.8 Å². The first-order chi connectivity index (χ1) is 6.16. The fourth-order valence-corrected chi connectivity index (χ4v) is 3.44. The van der Waals surface area contributed by atoms with Crippen molar-refractivity contribution in [2.24, 2.45) is 0 Å². The van der Waals surface area contributed by atoms with Gasteiger partial charge in [0.15, 0.2) is 0 Å². The molecule has 0 aromatic carbocycles. The van der Waals surface area contributed by atoms with Crippen molar-refractivity contribution in [1.29, 1.82) is 0 Å². The molecule has 0 rings (SSSR count). The normalized spacial score (nSPS) is 14.5. The van der Waals surface area contributed by atoms with E-state index in [1.165, 1.54) is 0 Å². The predicted molar refractivity (Wildman–Crippen MR) is 54.7 cm³/mol. The minimum Gasteiger partial charge on any atom is -0.377 e. The summed E-state index contributed by atoms with van der Waals surface area (Å²) < 4.78 is 16.0. The number of hydrogen-bond donors (Lipinski definition) is 1. The Morgan fingerprint density at radius 3 is 1.92 bits per heavy atom. The van der Waals surface area contributed by atoms with Gasteiger partial charge in [-0.05, 0) is 6.54 Å². The van der Waals surface area contributed by atoms with E-state index in [0.29, 0.717) is 0 Å². The molecule has 0 spiro atoms. The maximum absolute atomic E-state index is 5.35. The largest absolute Gasteiger partial charge is 0.504 e. The number of hydrogen-bond acceptors (Lipinski definition) is 4. The lowest BCUT2D eigenvalue weighted by molar-refractivity contribution is 0.113. The highest BCUT2D eigenvalue weighted by Crippen LogP contribution is 2.22. The second-order valence-corrected chi connectivity index (χ2v) is 6.34. The van der Waals surface area contributed by atoms with Crippen molar-refractivity contribution < 1.29 is 13.3 Å². The second-order valence-electron chi connectivity index (χ2n) is 2.92. The van der Waals surface area contributed by atoms with Crippen molar-refractivity contribution in [3.63, 3.8) is 0 Å². The van der Waals surface area contributed by atoms with Gasteiger partial charge in [0.1, 0.15) is 0 Å². The van der Waals surface area contributed by atoms with Crippen molar-refractivity contribution in [1.82, 2.24) is 5.32 Å². The number of nitrogens with one attached hydrogen (secondary N) is 1. The molecule has 0 aliphatic rings. The minimum absolute atomic E-state index is 0.271. The van der Waals surface area contributed by atoms with Crippen LogP contribution in [0, 0.1) is 0 Å². The lowest BCUT2D eigenvalue weighted by atomic mass is 10.4. The molecule has 0 saturated heterocycles. The SMILES string of the molecule is CCNCC(C)[Si](OC)(OC)OC. The molecular weight excluding hydrogens is 186 g/mol. The summed E-state index contributed by atoms with van der Waals surface area (Å²) in [5.41, 5.74) is 0.271. The molecule has 1 unspecified atom stereocenters. The predicted octanol–water partition coefficient (Wildman–Crippen LogP) is 0.864. The zero-order valence-electron chi connectivity index (χ0n) is 9.22. The average Bonchev–Trinajstić information content (AvgIpc) is 2.18. The van der Waals surface area contributed by atoms with Crippen molar-refractivity contribution in [3.8, 4) is 0 Å². The molecule has 5 heteroatoms. The van der Waals surface area contributed by atoms with Crippen LogP contribution in [0.2, 0.25) is 5.54 Å². The van der Waals surface area contributed by atoms with Crippen molar-refractivity contribution in [2.45, 2.75) is 19.4 Å². The standard InChI is InChI=1S/C8H21NO3Si/c1-6-9-7-8(2)13(10-3,11-4)12-5/h8-9H,6-7H2,1-5H3. The monoisotopic (exact) mass is 207 g/mol. The molecule has 13 heavy (non-hydrogen) atoms. The summed E-state index contributed by atoms with van der Waals surface area (Å²) in [7, 11) is 2.50. The summed E-state index contributed by atoms with van der Waals surface area (Å²) in [4.78, 5) is 0. The summed E-state index contributed by atoms with van der Waals surface area (Å²) >= 11 is 0. The first kappa shape index (κ1) is 13.1. The van der Waals surface area contributed by atoms with Crippen LogP contribution in [0.1, 0.15) is 13.8 Å². The molecule has 0 amide bonds. The molecule has 0 saturated carbocycles. The maximum atomic E-state index is 5.35. The maximum Gasteiger partial charge on any atom is 0.504 e. The Morgan fingerprint density at radius 2 is 1.62 bits per heavy atom. The van der Waals surface area contributed by atoms with E-state index in [9.17, 15) is 0 Å². The quantitative estimate of drug-likeness (QED) is 0.629. The van der Waals surface area contributed by atoms with Gasteiger partial charge in [0.05, 0.1) is 0 Å². The van der Waals surface area contributed by atoms with Crippen LogP contribution in [0.15, 0.2) is 0 Å².